The normalized spacial score (nSPS) is 13.6. The van der Waals surface area contributed by atoms with Crippen LogP contribution in [-0.4, -0.2) is 16.6 Å². The van der Waals surface area contributed by atoms with Crippen molar-refractivity contribution in [3.8, 4) is 0 Å². The SMILES string of the molecule is CCC(NC)c1snnc1C(C)C. The number of rotatable bonds is 4. The van der Waals surface area contributed by atoms with Crippen molar-refractivity contribution in [3.63, 3.8) is 0 Å². The molecule has 1 aromatic rings. The Bertz CT molecular complexity index is 253. The number of nitrogens with zero attached hydrogens (tertiary/aromatic N) is 2. The third-order valence-corrected chi connectivity index (χ3v) is 3.01. The van der Waals surface area contributed by atoms with Gasteiger partial charge in [0.05, 0.1) is 10.6 Å². The van der Waals surface area contributed by atoms with Gasteiger partial charge in [-0.2, -0.15) is 0 Å². The van der Waals surface area contributed by atoms with Crippen LogP contribution >= 0.6 is 11.5 Å². The van der Waals surface area contributed by atoms with E-state index in [0.717, 1.165) is 12.1 Å². The predicted octanol–water partition coefficient (Wildman–Crippen LogP) is 2.33. The smallest absolute Gasteiger partial charge is 0.0829 e. The molecule has 0 spiro atoms. The maximum absolute atomic E-state index is 4.16. The van der Waals surface area contributed by atoms with Crippen molar-refractivity contribution in [1.29, 1.82) is 0 Å². The molecule has 0 saturated heterocycles. The van der Waals surface area contributed by atoms with E-state index in [-0.39, 0.29) is 0 Å². The average molecular weight is 199 g/mol. The van der Waals surface area contributed by atoms with E-state index in [4.69, 9.17) is 0 Å². The average Bonchev–Trinajstić information content (AvgIpc) is 2.55. The number of nitrogens with one attached hydrogen (secondary N) is 1. The van der Waals surface area contributed by atoms with Crippen LogP contribution in [0.1, 0.15) is 49.7 Å². The lowest BCUT2D eigenvalue weighted by atomic mass is 10.0. The molecule has 0 radical (unpaired) electrons. The highest BCUT2D eigenvalue weighted by atomic mass is 32.1. The Kier molecular flexibility index (Phi) is 3.81. The third-order valence-electron chi connectivity index (χ3n) is 2.16. The standard InChI is InChI=1S/C9H17N3S/c1-5-7(10-4)9-8(6(2)3)11-12-13-9/h6-7,10H,5H2,1-4H3. The topological polar surface area (TPSA) is 37.8 Å². The highest BCUT2D eigenvalue weighted by Crippen LogP contribution is 2.27. The second-order valence-corrected chi connectivity index (χ2v) is 4.21. The fourth-order valence-corrected chi connectivity index (χ4v) is 2.37. The molecule has 0 aromatic carbocycles. The van der Waals surface area contributed by atoms with Gasteiger partial charge in [-0.1, -0.05) is 25.3 Å². The Balaban J connectivity index is 2.91. The van der Waals surface area contributed by atoms with E-state index in [1.165, 1.54) is 16.4 Å². The van der Waals surface area contributed by atoms with Gasteiger partial charge in [-0.05, 0) is 30.9 Å². The highest BCUT2D eigenvalue weighted by molar-refractivity contribution is 7.05. The van der Waals surface area contributed by atoms with E-state index in [1.54, 1.807) is 0 Å². The summed E-state index contributed by atoms with van der Waals surface area (Å²) < 4.78 is 4.01. The Hall–Kier alpha value is -0.480. The summed E-state index contributed by atoms with van der Waals surface area (Å²) in [7, 11) is 1.98. The van der Waals surface area contributed by atoms with Gasteiger partial charge in [0.25, 0.3) is 0 Å². The summed E-state index contributed by atoms with van der Waals surface area (Å²) in [6, 6.07) is 0.414. The fraction of sp³-hybridized carbons (Fsp3) is 0.778. The van der Waals surface area contributed by atoms with Gasteiger partial charge >= 0.3 is 0 Å². The molecule has 74 valence electrons. The van der Waals surface area contributed by atoms with Gasteiger partial charge in [-0.25, -0.2) is 0 Å². The van der Waals surface area contributed by atoms with Crippen molar-refractivity contribution >= 4 is 11.5 Å². The van der Waals surface area contributed by atoms with Gasteiger partial charge in [0.15, 0.2) is 0 Å². The van der Waals surface area contributed by atoms with E-state index in [0.29, 0.717) is 12.0 Å². The van der Waals surface area contributed by atoms with Gasteiger partial charge in [-0.3, -0.25) is 0 Å². The maximum Gasteiger partial charge on any atom is 0.0829 e. The minimum atomic E-state index is 0.414. The minimum absolute atomic E-state index is 0.414. The molecule has 3 nitrogen and oxygen atoms in total. The summed E-state index contributed by atoms with van der Waals surface area (Å²) in [6.45, 7) is 6.48. The zero-order chi connectivity index (χ0) is 9.84. The third kappa shape index (κ3) is 2.25. The second kappa shape index (κ2) is 4.67. The fourth-order valence-electron chi connectivity index (χ4n) is 1.37. The largest absolute Gasteiger partial charge is 0.312 e. The van der Waals surface area contributed by atoms with Gasteiger partial charge in [0.2, 0.25) is 0 Å². The van der Waals surface area contributed by atoms with Crippen molar-refractivity contribution in [2.45, 2.75) is 39.2 Å². The van der Waals surface area contributed by atoms with E-state index in [1.807, 2.05) is 7.05 Å². The van der Waals surface area contributed by atoms with Crippen molar-refractivity contribution in [1.82, 2.24) is 14.9 Å². The van der Waals surface area contributed by atoms with E-state index >= 15 is 0 Å². The lowest BCUT2D eigenvalue weighted by molar-refractivity contribution is 0.575. The highest BCUT2D eigenvalue weighted by Gasteiger charge is 2.17. The van der Waals surface area contributed by atoms with Crippen LogP contribution in [-0.2, 0) is 0 Å². The lowest BCUT2D eigenvalue weighted by Crippen LogP contribution is -2.15. The molecule has 13 heavy (non-hydrogen) atoms. The molecule has 0 aliphatic rings. The van der Waals surface area contributed by atoms with E-state index < -0.39 is 0 Å². The van der Waals surface area contributed by atoms with Crippen molar-refractivity contribution in [2.24, 2.45) is 0 Å². The summed E-state index contributed by atoms with van der Waals surface area (Å²) in [4.78, 5) is 1.29. The van der Waals surface area contributed by atoms with Crippen LogP contribution in [0.15, 0.2) is 0 Å². The van der Waals surface area contributed by atoms with Crippen LogP contribution in [0.25, 0.3) is 0 Å². The number of hydrogen-bond donors (Lipinski definition) is 1. The molecular formula is C9H17N3S. The first-order valence-corrected chi connectivity index (χ1v) is 5.47. The van der Waals surface area contributed by atoms with Gasteiger partial charge in [0.1, 0.15) is 0 Å². The van der Waals surface area contributed by atoms with E-state index in [9.17, 15) is 0 Å². The summed E-state index contributed by atoms with van der Waals surface area (Å²) in [5.74, 6) is 0.469. The van der Waals surface area contributed by atoms with Crippen LogP contribution in [0.3, 0.4) is 0 Å². The second-order valence-electron chi connectivity index (χ2n) is 3.43. The molecule has 0 fully saturated rings. The Morgan fingerprint density at radius 3 is 2.62 bits per heavy atom. The molecule has 0 saturated carbocycles. The summed E-state index contributed by atoms with van der Waals surface area (Å²) >= 11 is 1.51. The van der Waals surface area contributed by atoms with Crippen molar-refractivity contribution in [2.75, 3.05) is 7.05 Å². The predicted molar refractivity (Wildman–Crippen MR) is 56.1 cm³/mol. The first-order chi connectivity index (χ1) is 6.20. The summed E-state index contributed by atoms with van der Waals surface area (Å²) in [5.41, 5.74) is 1.14. The summed E-state index contributed by atoms with van der Waals surface area (Å²) in [5, 5.41) is 7.44. The van der Waals surface area contributed by atoms with Crippen LogP contribution < -0.4 is 5.32 Å². The molecule has 1 unspecified atom stereocenters. The molecule has 0 aliphatic carbocycles. The van der Waals surface area contributed by atoms with Crippen molar-refractivity contribution < 1.29 is 0 Å². The maximum atomic E-state index is 4.16. The molecule has 1 N–H and O–H groups in total. The monoisotopic (exact) mass is 199 g/mol. The summed E-state index contributed by atoms with van der Waals surface area (Å²) in [6.07, 6.45) is 1.08. The van der Waals surface area contributed by atoms with Gasteiger partial charge in [-0.15, -0.1) is 5.10 Å². The van der Waals surface area contributed by atoms with Crippen LogP contribution in [0.4, 0.5) is 0 Å². The van der Waals surface area contributed by atoms with Crippen molar-refractivity contribution in [3.05, 3.63) is 10.6 Å². The molecule has 0 aliphatic heterocycles. The number of hydrogen-bond acceptors (Lipinski definition) is 4. The quantitative estimate of drug-likeness (QED) is 0.808. The molecule has 1 rings (SSSR count). The molecule has 1 aromatic heterocycles. The Morgan fingerprint density at radius 2 is 2.15 bits per heavy atom. The molecule has 4 heteroatoms. The Labute approximate surface area is 83.7 Å². The van der Waals surface area contributed by atoms with Gasteiger partial charge < -0.3 is 5.32 Å². The minimum Gasteiger partial charge on any atom is -0.312 e. The zero-order valence-corrected chi connectivity index (χ0v) is 9.48. The first-order valence-electron chi connectivity index (χ1n) is 4.70. The molecular weight excluding hydrogens is 182 g/mol. The van der Waals surface area contributed by atoms with Crippen LogP contribution in [0.2, 0.25) is 0 Å². The Morgan fingerprint density at radius 1 is 1.46 bits per heavy atom. The molecule has 0 bridgehead atoms. The van der Waals surface area contributed by atoms with Gasteiger partial charge in [0, 0.05) is 6.04 Å². The lowest BCUT2D eigenvalue weighted by Gasteiger charge is -2.13. The number of aromatic nitrogens is 2. The van der Waals surface area contributed by atoms with E-state index in [2.05, 4.69) is 35.7 Å². The zero-order valence-electron chi connectivity index (χ0n) is 8.66. The molecule has 0 amide bonds. The van der Waals surface area contributed by atoms with Crippen LogP contribution in [0, 0.1) is 0 Å². The molecule has 1 atom stereocenters. The molecule has 1 heterocycles. The first kappa shape index (κ1) is 10.6. The van der Waals surface area contributed by atoms with Crippen LogP contribution in [0.5, 0.6) is 0 Å².